The molecule has 0 aromatic heterocycles. The van der Waals surface area contributed by atoms with E-state index >= 15 is 0 Å². The lowest BCUT2D eigenvalue weighted by Crippen LogP contribution is -2.14. The molecular formula is C16H22N2OS. The fourth-order valence-electron chi connectivity index (χ4n) is 2.32. The van der Waals surface area contributed by atoms with Gasteiger partial charge in [-0.1, -0.05) is 13.0 Å². The van der Waals surface area contributed by atoms with Crippen LogP contribution in [0.2, 0.25) is 0 Å². The van der Waals surface area contributed by atoms with E-state index in [2.05, 4.69) is 37.4 Å². The van der Waals surface area contributed by atoms with Crippen molar-refractivity contribution in [3.05, 3.63) is 29.3 Å². The van der Waals surface area contributed by atoms with Gasteiger partial charge in [-0.15, -0.1) is 11.8 Å². The van der Waals surface area contributed by atoms with E-state index in [0.29, 0.717) is 5.25 Å². The smallest absolute Gasteiger partial charge is 0.100 e. The molecule has 1 heterocycles. The average Bonchev–Trinajstić information content (AvgIpc) is 2.86. The zero-order chi connectivity index (χ0) is 14.4. The van der Waals surface area contributed by atoms with Gasteiger partial charge in [0.2, 0.25) is 0 Å². The molecular weight excluding hydrogens is 268 g/mol. The third-order valence-corrected chi connectivity index (χ3v) is 5.04. The minimum atomic E-state index is 0.275. The molecule has 4 heteroatoms. The number of hydrogen-bond donors (Lipinski definition) is 1. The number of thioether (sulfide) groups is 1. The van der Waals surface area contributed by atoms with Crippen LogP contribution in [-0.2, 0) is 11.3 Å². The maximum Gasteiger partial charge on any atom is 0.100 e. The Morgan fingerprint density at radius 1 is 1.50 bits per heavy atom. The molecule has 1 fully saturated rings. The van der Waals surface area contributed by atoms with Gasteiger partial charge in [0, 0.05) is 23.3 Å². The lowest BCUT2D eigenvalue weighted by Gasteiger charge is -2.15. The second kappa shape index (κ2) is 7.68. The molecule has 2 unspecified atom stereocenters. The molecule has 0 bridgehead atoms. The Kier molecular flexibility index (Phi) is 5.90. The minimum absolute atomic E-state index is 0.275. The van der Waals surface area contributed by atoms with Gasteiger partial charge in [0.15, 0.2) is 0 Å². The number of hydrogen-bond acceptors (Lipinski definition) is 4. The van der Waals surface area contributed by atoms with Gasteiger partial charge in [-0.2, -0.15) is 5.26 Å². The first-order chi connectivity index (χ1) is 9.74. The maximum atomic E-state index is 9.34. The molecule has 0 saturated carbocycles. The number of nitrogens with zero attached hydrogens (tertiary/aromatic N) is 1. The molecule has 1 saturated heterocycles. The van der Waals surface area contributed by atoms with Gasteiger partial charge in [0.05, 0.1) is 11.7 Å². The third-order valence-electron chi connectivity index (χ3n) is 3.51. The van der Waals surface area contributed by atoms with Crippen molar-refractivity contribution in [3.63, 3.8) is 0 Å². The molecule has 0 radical (unpaired) electrons. The van der Waals surface area contributed by atoms with Crippen LogP contribution in [0.4, 0.5) is 0 Å². The Morgan fingerprint density at radius 3 is 3.00 bits per heavy atom. The highest BCUT2D eigenvalue weighted by Gasteiger charge is 2.25. The minimum Gasteiger partial charge on any atom is -0.377 e. The van der Waals surface area contributed by atoms with Crippen LogP contribution in [0, 0.1) is 11.3 Å². The molecule has 3 nitrogen and oxygen atoms in total. The van der Waals surface area contributed by atoms with Crippen molar-refractivity contribution >= 4 is 11.8 Å². The van der Waals surface area contributed by atoms with E-state index < -0.39 is 0 Å². The average molecular weight is 290 g/mol. The number of ether oxygens (including phenoxy) is 1. The van der Waals surface area contributed by atoms with Crippen molar-refractivity contribution < 1.29 is 4.74 Å². The highest BCUT2D eigenvalue weighted by molar-refractivity contribution is 8.00. The second-order valence-corrected chi connectivity index (χ2v) is 6.42. The van der Waals surface area contributed by atoms with Crippen molar-refractivity contribution in [2.45, 2.75) is 49.5 Å². The predicted octanol–water partition coefficient (Wildman–Crippen LogP) is 3.33. The third kappa shape index (κ3) is 3.99. The number of nitrogens with one attached hydrogen (secondary N) is 1. The Morgan fingerprint density at radius 2 is 2.35 bits per heavy atom. The molecule has 20 heavy (non-hydrogen) atoms. The summed E-state index contributed by atoms with van der Waals surface area (Å²) in [7, 11) is 0. The fourth-order valence-corrected chi connectivity index (χ4v) is 3.51. The maximum absolute atomic E-state index is 9.34. The van der Waals surface area contributed by atoms with Crippen molar-refractivity contribution in [1.29, 1.82) is 5.26 Å². The monoisotopic (exact) mass is 290 g/mol. The Labute approximate surface area is 125 Å². The van der Waals surface area contributed by atoms with E-state index in [9.17, 15) is 5.26 Å². The second-order valence-electron chi connectivity index (χ2n) is 5.14. The van der Waals surface area contributed by atoms with Gasteiger partial charge >= 0.3 is 0 Å². The highest BCUT2D eigenvalue weighted by atomic mass is 32.2. The van der Waals surface area contributed by atoms with Crippen LogP contribution in [0.25, 0.3) is 0 Å². The van der Waals surface area contributed by atoms with Crippen molar-refractivity contribution in [2.75, 3.05) is 13.2 Å². The molecule has 1 N–H and O–H groups in total. The molecule has 2 rings (SSSR count). The summed E-state index contributed by atoms with van der Waals surface area (Å²) in [5, 5.41) is 13.2. The molecule has 1 aromatic rings. The number of benzene rings is 1. The molecule has 1 aliphatic rings. The fraction of sp³-hybridized carbons (Fsp3) is 0.562. The first-order valence-electron chi connectivity index (χ1n) is 7.26. The summed E-state index contributed by atoms with van der Waals surface area (Å²) in [6.07, 6.45) is 2.47. The summed E-state index contributed by atoms with van der Waals surface area (Å²) >= 11 is 1.78. The van der Waals surface area contributed by atoms with E-state index in [1.807, 2.05) is 6.07 Å². The van der Waals surface area contributed by atoms with E-state index in [1.54, 1.807) is 11.8 Å². The van der Waals surface area contributed by atoms with E-state index in [4.69, 9.17) is 4.74 Å². The lowest BCUT2D eigenvalue weighted by molar-refractivity contribution is 0.127. The Balaban J connectivity index is 2.04. The zero-order valence-corrected chi connectivity index (χ0v) is 13.0. The van der Waals surface area contributed by atoms with Crippen LogP contribution >= 0.6 is 11.8 Å². The first kappa shape index (κ1) is 15.4. The van der Waals surface area contributed by atoms with Crippen LogP contribution in [0.3, 0.4) is 0 Å². The van der Waals surface area contributed by atoms with Crippen molar-refractivity contribution in [3.8, 4) is 6.07 Å². The van der Waals surface area contributed by atoms with E-state index in [-0.39, 0.29) is 6.10 Å². The number of rotatable bonds is 6. The van der Waals surface area contributed by atoms with Crippen LogP contribution in [0.1, 0.15) is 37.8 Å². The van der Waals surface area contributed by atoms with Gasteiger partial charge in [-0.3, -0.25) is 0 Å². The van der Waals surface area contributed by atoms with E-state index in [1.165, 1.54) is 5.56 Å². The molecule has 1 aliphatic heterocycles. The van der Waals surface area contributed by atoms with Gasteiger partial charge < -0.3 is 10.1 Å². The van der Waals surface area contributed by atoms with Crippen molar-refractivity contribution in [2.24, 2.45) is 0 Å². The van der Waals surface area contributed by atoms with Gasteiger partial charge in [-0.25, -0.2) is 0 Å². The SMILES string of the molecule is CCCNCc1ccc(SC2CCOC2C)c(C#N)c1. The Bertz CT molecular complexity index is 484. The first-order valence-corrected chi connectivity index (χ1v) is 8.14. The topological polar surface area (TPSA) is 45.0 Å². The molecule has 2 atom stereocenters. The van der Waals surface area contributed by atoms with Crippen LogP contribution in [-0.4, -0.2) is 24.5 Å². The van der Waals surface area contributed by atoms with E-state index in [0.717, 1.165) is 43.0 Å². The largest absolute Gasteiger partial charge is 0.377 e. The summed E-state index contributed by atoms with van der Waals surface area (Å²) in [6, 6.07) is 8.53. The summed E-state index contributed by atoms with van der Waals surface area (Å²) < 4.78 is 5.59. The van der Waals surface area contributed by atoms with Crippen LogP contribution in [0.5, 0.6) is 0 Å². The molecule has 0 spiro atoms. The molecule has 1 aromatic carbocycles. The number of nitriles is 1. The van der Waals surface area contributed by atoms with Crippen LogP contribution < -0.4 is 5.32 Å². The summed E-state index contributed by atoms with van der Waals surface area (Å²) in [5.74, 6) is 0. The zero-order valence-electron chi connectivity index (χ0n) is 12.2. The standard InChI is InChI=1S/C16H22N2OS/c1-3-7-18-11-13-4-5-16(14(9-13)10-17)20-15-6-8-19-12(15)2/h4-5,9,12,15,18H,3,6-8,11H2,1-2H3. The summed E-state index contributed by atoms with van der Waals surface area (Å²) in [4.78, 5) is 1.08. The predicted molar refractivity (Wildman–Crippen MR) is 82.8 cm³/mol. The molecule has 108 valence electrons. The highest BCUT2D eigenvalue weighted by Crippen LogP contribution is 2.34. The van der Waals surface area contributed by atoms with Gasteiger partial charge in [0.1, 0.15) is 6.07 Å². The summed E-state index contributed by atoms with van der Waals surface area (Å²) in [6.45, 7) is 6.93. The summed E-state index contributed by atoms with van der Waals surface area (Å²) in [5.41, 5.74) is 1.96. The quantitative estimate of drug-likeness (QED) is 0.816. The van der Waals surface area contributed by atoms with Crippen LogP contribution in [0.15, 0.2) is 23.1 Å². The molecule has 0 aliphatic carbocycles. The van der Waals surface area contributed by atoms with Gasteiger partial charge in [-0.05, 0) is 44.0 Å². The van der Waals surface area contributed by atoms with Crippen molar-refractivity contribution in [1.82, 2.24) is 5.32 Å². The van der Waals surface area contributed by atoms with Gasteiger partial charge in [0.25, 0.3) is 0 Å². The lowest BCUT2D eigenvalue weighted by atomic mass is 10.1. The normalized spacial score (nSPS) is 21.9. The molecule has 0 amide bonds. The Hall–Kier alpha value is -1.02.